The van der Waals surface area contributed by atoms with Crippen molar-refractivity contribution in [2.24, 2.45) is 0 Å². The summed E-state index contributed by atoms with van der Waals surface area (Å²) < 4.78 is 25.5. The number of carbonyl (C=O) groups is 1. The number of rotatable bonds is 5. The molecule has 7 heteroatoms. The lowest BCUT2D eigenvalue weighted by atomic mass is 10.1. The number of para-hydroxylation sites is 1. The molecule has 0 bridgehead atoms. The number of ether oxygens (including phenoxy) is 2. The van der Waals surface area contributed by atoms with Gasteiger partial charge in [0, 0.05) is 51.0 Å². The van der Waals surface area contributed by atoms with Crippen molar-refractivity contribution in [3.05, 3.63) is 59.4 Å². The lowest BCUT2D eigenvalue weighted by Gasteiger charge is -2.31. The van der Waals surface area contributed by atoms with E-state index < -0.39 is 0 Å². The van der Waals surface area contributed by atoms with Crippen LogP contribution in [0.15, 0.2) is 42.5 Å². The van der Waals surface area contributed by atoms with Crippen molar-refractivity contribution in [1.29, 1.82) is 0 Å². The summed E-state index contributed by atoms with van der Waals surface area (Å²) >= 11 is 0. The predicted octanol–water partition coefficient (Wildman–Crippen LogP) is 2.77. The predicted molar refractivity (Wildman–Crippen MR) is 115 cm³/mol. The van der Waals surface area contributed by atoms with Crippen molar-refractivity contribution < 1.29 is 18.7 Å². The topological polar surface area (TPSA) is 45.2 Å². The Labute approximate surface area is 176 Å². The minimum absolute atomic E-state index is 0.195. The van der Waals surface area contributed by atoms with Gasteiger partial charge in [-0.3, -0.25) is 4.79 Å². The van der Waals surface area contributed by atoms with Gasteiger partial charge >= 0.3 is 0 Å². The fourth-order valence-electron chi connectivity index (χ4n) is 4.01. The third kappa shape index (κ3) is 4.57. The molecule has 160 valence electrons. The van der Waals surface area contributed by atoms with Crippen molar-refractivity contribution in [3.8, 4) is 0 Å². The number of amides is 1. The van der Waals surface area contributed by atoms with Crippen LogP contribution in [0.25, 0.3) is 0 Å². The van der Waals surface area contributed by atoms with Gasteiger partial charge in [0.1, 0.15) is 5.82 Å². The zero-order valence-corrected chi connectivity index (χ0v) is 17.3. The van der Waals surface area contributed by atoms with Gasteiger partial charge in [0.2, 0.25) is 0 Å². The highest BCUT2D eigenvalue weighted by molar-refractivity contribution is 5.94. The molecule has 2 fully saturated rings. The lowest BCUT2D eigenvalue weighted by Crippen LogP contribution is -2.37. The van der Waals surface area contributed by atoms with Crippen LogP contribution in [0.1, 0.15) is 15.9 Å². The van der Waals surface area contributed by atoms with Gasteiger partial charge in [0.25, 0.3) is 5.91 Å². The molecule has 0 N–H and O–H groups in total. The van der Waals surface area contributed by atoms with E-state index in [1.807, 2.05) is 23.1 Å². The van der Waals surface area contributed by atoms with E-state index in [0.29, 0.717) is 57.3 Å². The fourth-order valence-corrected chi connectivity index (χ4v) is 4.01. The van der Waals surface area contributed by atoms with Crippen LogP contribution in [0.3, 0.4) is 0 Å². The molecule has 0 unspecified atom stereocenters. The Bertz CT molecular complexity index is 880. The van der Waals surface area contributed by atoms with Crippen LogP contribution in [0.4, 0.5) is 15.8 Å². The molecule has 2 saturated heterocycles. The van der Waals surface area contributed by atoms with E-state index in [9.17, 15) is 9.18 Å². The van der Waals surface area contributed by atoms with Crippen molar-refractivity contribution in [1.82, 2.24) is 4.90 Å². The maximum absolute atomic E-state index is 14.7. The molecule has 30 heavy (non-hydrogen) atoms. The summed E-state index contributed by atoms with van der Waals surface area (Å²) in [5, 5.41) is 0. The molecule has 4 rings (SSSR count). The van der Waals surface area contributed by atoms with E-state index in [1.165, 1.54) is 6.07 Å². The van der Waals surface area contributed by atoms with E-state index in [4.69, 9.17) is 9.47 Å². The summed E-state index contributed by atoms with van der Waals surface area (Å²) in [7, 11) is 1.76. The number of nitrogens with zero attached hydrogens (tertiary/aromatic N) is 3. The largest absolute Gasteiger partial charge is 0.378 e. The quantitative estimate of drug-likeness (QED) is 0.754. The lowest BCUT2D eigenvalue weighted by molar-refractivity contribution is 0.0784. The number of halogens is 1. The first kappa shape index (κ1) is 20.6. The second-order valence-corrected chi connectivity index (χ2v) is 7.65. The summed E-state index contributed by atoms with van der Waals surface area (Å²) in [5.74, 6) is -0.566. The molecule has 2 aromatic rings. The Morgan fingerprint density at radius 2 is 1.53 bits per heavy atom. The monoisotopic (exact) mass is 413 g/mol. The number of benzene rings is 2. The molecule has 0 saturated carbocycles. The van der Waals surface area contributed by atoms with E-state index in [-0.39, 0.29) is 11.7 Å². The van der Waals surface area contributed by atoms with Gasteiger partial charge < -0.3 is 24.2 Å². The third-order valence-electron chi connectivity index (χ3n) is 5.64. The molecule has 2 aliphatic rings. The number of hydrogen-bond donors (Lipinski definition) is 0. The summed E-state index contributed by atoms with van der Waals surface area (Å²) in [6.45, 7) is 6.03. The van der Waals surface area contributed by atoms with Gasteiger partial charge in [0.05, 0.1) is 32.1 Å². The molecule has 0 aliphatic carbocycles. The standard InChI is InChI=1S/C23H28FN3O3/c1-25(17-19-4-2-3-5-21(19)26-8-12-29-13-9-26)23(28)18-6-7-22(20(24)16-18)27-10-14-30-15-11-27/h2-7,16H,8-15,17H2,1H3. The van der Waals surface area contributed by atoms with Gasteiger partial charge in [0.15, 0.2) is 0 Å². The van der Waals surface area contributed by atoms with E-state index in [1.54, 1.807) is 24.1 Å². The van der Waals surface area contributed by atoms with Crippen LogP contribution in [-0.2, 0) is 16.0 Å². The average molecular weight is 413 g/mol. The summed E-state index contributed by atoms with van der Waals surface area (Å²) in [5.41, 5.74) is 3.07. The molecule has 0 aromatic heterocycles. The summed E-state index contributed by atoms with van der Waals surface area (Å²) in [6.07, 6.45) is 0. The van der Waals surface area contributed by atoms with Crippen LogP contribution in [0, 0.1) is 5.82 Å². The number of carbonyl (C=O) groups excluding carboxylic acids is 1. The molecular formula is C23H28FN3O3. The molecule has 2 aromatic carbocycles. The maximum atomic E-state index is 14.7. The number of hydrogen-bond acceptors (Lipinski definition) is 5. The van der Waals surface area contributed by atoms with E-state index >= 15 is 0 Å². The Kier molecular flexibility index (Phi) is 6.50. The van der Waals surface area contributed by atoms with Crippen LogP contribution < -0.4 is 9.80 Å². The fraction of sp³-hybridized carbons (Fsp3) is 0.435. The Morgan fingerprint density at radius 3 is 2.17 bits per heavy atom. The third-order valence-corrected chi connectivity index (χ3v) is 5.64. The van der Waals surface area contributed by atoms with E-state index in [2.05, 4.69) is 11.0 Å². The van der Waals surface area contributed by atoms with Gasteiger partial charge in [-0.15, -0.1) is 0 Å². The Balaban J connectivity index is 1.47. The molecule has 2 aliphatic heterocycles. The van der Waals surface area contributed by atoms with Crippen LogP contribution in [0.2, 0.25) is 0 Å². The Hall–Kier alpha value is -2.64. The minimum atomic E-state index is -0.370. The summed E-state index contributed by atoms with van der Waals surface area (Å²) in [4.78, 5) is 18.8. The molecule has 0 radical (unpaired) electrons. The molecule has 6 nitrogen and oxygen atoms in total. The molecular weight excluding hydrogens is 385 g/mol. The first-order valence-electron chi connectivity index (χ1n) is 10.4. The van der Waals surface area contributed by atoms with Crippen molar-refractivity contribution in [2.45, 2.75) is 6.54 Å². The zero-order valence-electron chi connectivity index (χ0n) is 17.3. The van der Waals surface area contributed by atoms with Crippen LogP contribution in [-0.4, -0.2) is 70.5 Å². The molecule has 0 spiro atoms. The molecule has 0 atom stereocenters. The van der Waals surface area contributed by atoms with Crippen molar-refractivity contribution in [2.75, 3.05) is 69.5 Å². The highest BCUT2D eigenvalue weighted by Crippen LogP contribution is 2.25. The normalized spacial score (nSPS) is 17.1. The Morgan fingerprint density at radius 1 is 0.933 bits per heavy atom. The first-order chi connectivity index (χ1) is 14.6. The van der Waals surface area contributed by atoms with Crippen LogP contribution in [0.5, 0.6) is 0 Å². The second-order valence-electron chi connectivity index (χ2n) is 7.65. The van der Waals surface area contributed by atoms with Gasteiger partial charge in [-0.05, 0) is 29.8 Å². The first-order valence-corrected chi connectivity index (χ1v) is 10.4. The van der Waals surface area contributed by atoms with E-state index in [0.717, 1.165) is 24.3 Å². The molecule has 2 heterocycles. The van der Waals surface area contributed by atoms with Crippen LogP contribution >= 0.6 is 0 Å². The molecule has 1 amide bonds. The number of morpholine rings is 2. The summed E-state index contributed by atoms with van der Waals surface area (Å²) in [6, 6.07) is 12.9. The second kappa shape index (κ2) is 9.45. The number of anilines is 2. The zero-order chi connectivity index (χ0) is 20.9. The highest BCUT2D eigenvalue weighted by atomic mass is 19.1. The van der Waals surface area contributed by atoms with Crippen molar-refractivity contribution in [3.63, 3.8) is 0 Å². The average Bonchev–Trinajstić information content (AvgIpc) is 2.80. The smallest absolute Gasteiger partial charge is 0.254 e. The minimum Gasteiger partial charge on any atom is -0.378 e. The highest BCUT2D eigenvalue weighted by Gasteiger charge is 2.20. The maximum Gasteiger partial charge on any atom is 0.254 e. The van der Waals surface area contributed by atoms with Gasteiger partial charge in [-0.25, -0.2) is 4.39 Å². The SMILES string of the molecule is CN(Cc1ccccc1N1CCOCC1)C(=O)c1ccc(N2CCOCC2)c(F)c1. The van der Waals surface area contributed by atoms with Gasteiger partial charge in [-0.2, -0.15) is 0 Å². The van der Waals surface area contributed by atoms with Crippen molar-refractivity contribution >= 4 is 17.3 Å². The van der Waals surface area contributed by atoms with Gasteiger partial charge in [-0.1, -0.05) is 18.2 Å².